The SMILES string of the molecule is Cc1ccc(-c2nc(C)c(C(=O)NC(C)c3ccc(S(N)(=O)=O)cc3)s2)o1. The number of carbonyl (C=O) groups excluding carboxylic acids is 1. The second-order valence-corrected chi connectivity index (χ2v) is 8.71. The highest BCUT2D eigenvalue weighted by atomic mass is 32.2. The summed E-state index contributed by atoms with van der Waals surface area (Å²) < 4.78 is 28.2. The van der Waals surface area contributed by atoms with Gasteiger partial charge in [0.2, 0.25) is 10.0 Å². The summed E-state index contributed by atoms with van der Waals surface area (Å²) >= 11 is 1.26. The first-order chi connectivity index (χ1) is 12.6. The first kappa shape index (κ1) is 19.3. The Kier molecular flexibility index (Phi) is 5.18. The molecule has 142 valence electrons. The van der Waals surface area contributed by atoms with E-state index in [4.69, 9.17) is 9.56 Å². The standard InChI is InChI=1S/C18H19N3O4S2/c1-10-4-9-15(25-10)18-21-12(3)16(26-18)17(22)20-11(2)13-5-7-14(8-6-13)27(19,23)24/h4-9,11H,1-3H3,(H,20,22)(H2,19,23,24). The number of nitrogens with two attached hydrogens (primary N) is 1. The second-order valence-electron chi connectivity index (χ2n) is 6.15. The molecule has 0 aliphatic heterocycles. The molecule has 0 bridgehead atoms. The van der Waals surface area contributed by atoms with Crippen molar-refractivity contribution in [3.05, 3.63) is 58.3 Å². The van der Waals surface area contributed by atoms with Gasteiger partial charge in [0.05, 0.1) is 16.6 Å². The van der Waals surface area contributed by atoms with Crippen LogP contribution in [0.4, 0.5) is 0 Å². The number of aromatic nitrogens is 1. The van der Waals surface area contributed by atoms with Gasteiger partial charge in [-0.05, 0) is 50.6 Å². The fourth-order valence-corrected chi connectivity index (χ4v) is 4.00. The highest BCUT2D eigenvalue weighted by Gasteiger charge is 2.20. The lowest BCUT2D eigenvalue weighted by atomic mass is 10.1. The highest BCUT2D eigenvalue weighted by molar-refractivity contribution is 7.89. The van der Waals surface area contributed by atoms with E-state index in [9.17, 15) is 13.2 Å². The summed E-state index contributed by atoms with van der Waals surface area (Å²) in [6.07, 6.45) is 0. The number of rotatable bonds is 5. The van der Waals surface area contributed by atoms with Gasteiger partial charge in [0.15, 0.2) is 10.8 Å². The van der Waals surface area contributed by atoms with Crippen LogP contribution in [0.3, 0.4) is 0 Å². The number of amides is 1. The zero-order valence-corrected chi connectivity index (χ0v) is 16.6. The van der Waals surface area contributed by atoms with Gasteiger partial charge < -0.3 is 9.73 Å². The van der Waals surface area contributed by atoms with E-state index in [0.717, 1.165) is 11.3 Å². The number of aryl methyl sites for hydroxylation is 2. The van der Waals surface area contributed by atoms with Gasteiger partial charge in [0, 0.05) is 0 Å². The Morgan fingerprint density at radius 3 is 2.41 bits per heavy atom. The average Bonchev–Trinajstić information content (AvgIpc) is 3.20. The molecule has 0 saturated heterocycles. The van der Waals surface area contributed by atoms with E-state index in [2.05, 4.69) is 10.3 Å². The van der Waals surface area contributed by atoms with Gasteiger partial charge in [-0.15, -0.1) is 11.3 Å². The summed E-state index contributed by atoms with van der Waals surface area (Å²) in [4.78, 5) is 17.6. The number of primary sulfonamides is 1. The largest absolute Gasteiger partial charge is 0.459 e. The zero-order valence-electron chi connectivity index (χ0n) is 15.0. The van der Waals surface area contributed by atoms with E-state index in [0.29, 0.717) is 21.3 Å². The molecule has 1 amide bonds. The molecule has 1 atom stereocenters. The van der Waals surface area contributed by atoms with Crippen molar-refractivity contribution in [2.45, 2.75) is 31.7 Å². The van der Waals surface area contributed by atoms with E-state index in [-0.39, 0.29) is 16.8 Å². The van der Waals surface area contributed by atoms with Gasteiger partial charge in [-0.1, -0.05) is 12.1 Å². The van der Waals surface area contributed by atoms with Gasteiger partial charge in [-0.25, -0.2) is 18.5 Å². The molecule has 3 N–H and O–H groups in total. The van der Waals surface area contributed by atoms with Crippen molar-refractivity contribution in [2.75, 3.05) is 0 Å². The first-order valence-corrected chi connectivity index (χ1v) is 10.5. The van der Waals surface area contributed by atoms with E-state index in [1.807, 2.05) is 26.0 Å². The Hall–Kier alpha value is -2.49. The molecule has 7 nitrogen and oxygen atoms in total. The van der Waals surface area contributed by atoms with Crippen LogP contribution in [0, 0.1) is 13.8 Å². The Balaban J connectivity index is 1.76. The Labute approximate surface area is 161 Å². The summed E-state index contributed by atoms with van der Waals surface area (Å²) in [5.74, 6) is 1.16. The number of hydrogen-bond donors (Lipinski definition) is 2. The molecule has 1 unspecified atom stereocenters. The number of nitrogens with zero attached hydrogens (tertiary/aromatic N) is 1. The van der Waals surface area contributed by atoms with Crippen molar-refractivity contribution in [3.8, 4) is 10.8 Å². The van der Waals surface area contributed by atoms with Crippen LogP contribution in [0.1, 0.15) is 39.7 Å². The number of thiazole rings is 1. The minimum absolute atomic E-state index is 0.0291. The molecule has 0 radical (unpaired) electrons. The maximum atomic E-state index is 12.6. The lowest BCUT2D eigenvalue weighted by molar-refractivity contribution is 0.0943. The molecular formula is C18H19N3O4S2. The second kappa shape index (κ2) is 7.26. The third-order valence-electron chi connectivity index (χ3n) is 4.01. The van der Waals surface area contributed by atoms with Crippen molar-refractivity contribution in [1.29, 1.82) is 0 Å². The molecule has 3 aromatic rings. The number of furan rings is 1. The van der Waals surface area contributed by atoms with Crippen molar-refractivity contribution < 1.29 is 17.6 Å². The Morgan fingerprint density at radius 1 is 1.19 bits per heavy atom. The van der Waals surface area contributed by atoms with Crippen LogP contribution in [0.25, 0.3) is 10.8 Å². The molecule has 0 saturated carbocycles. The van der Waals surface area contributed by atoms with Crippen molar-refractivity contribution in [1.82, 2.24) is 10.3 Å². The van der Waals surface area contributed by atoms with Crippen molar-refractivity contribution in [2.24, 2.45) is 5.14 Å². The number of nitrogens with one attached hydrogen (secondary N) is 1. The van der Waals surface area contributed by atoms with Crippen LogP contribution in [-0.2, 0) is 10.0 Å². The summed E-state index contributed by atoms with van der Waals surface area (Å²) in [6, 6.07) is 9.44. The van der Waals surface area contributed by atoms with Crippen LogP contribution < -0.4 is 10.5 Å². The number of carbonyl (C=O) groups is 1. The zero-order chi connectivity index (χ0) is 19.8. The van der Waals surface area contributed by atoms with Crippen LogP contribution in [0.5, 0.6) is 0 Å². The summed E-state index contributed by atoms with van der Waals surface area (Å²) in [7, 11) is -3.74. The van der Waals surface area contributed by atoms with Gasteiger partial charge in [0.1, 0.15) is 10.6 Å². The van der Waals surface area contributed by atoms with E-state index in [1.165, 1.54) is 23.5 Å². The molecule has 9 heteroatoms. The minimum Gasteiger partial charge on any atom is -0.459 e. The fraction of sp³-hybridized carbons (Fsp3) is 0.222. The average molecular weight is 406 g/mol. The van der Waals surface area contributed by atoms with E-state index < -0.39 is 10.0 Å². The predicted molar refractivity (Wildman–Crippen MR) is 103 cm³/mol. The van der Waals surface area contributed by atoms with Crippen LogP contribution in [0.15, 0.2) is 45.7 Å². The van der Waals surface area contributed by atoms with Gasteiger partial charge in [-0.3, -0.25) is 4.79 Å². The molecule has 1 aromatic carbocycles. The molecular weight excluding hydrogens is 386 g/mol. The molecule has 0 fully saturated rings. The van der Waals surface area contributed by atoms with Crippen LogP contribution >= 0.6 is 11.3 Å². The lowest BCUT2D eigenvalue weighted by Crippen LogP contribution is -2.26. The normalized spacial score (nSPS) is 12.7. The third-order valence-corrected chi connectivity index (χ3v) is 6.11. The van der Waals surface area contributed by atoms with E-state index >= 15 is 0 Å². The summed E-state index contributed by atoms with van der Waals surface area (Å²) in [6.45, 7) is 5.44. The molecule has 2 heterocycles. The molecule has 3 rings (SSSR count). The lowest BCUT2D eigenvalue weighted by Gasteiger charge is -2.14. The maximum Gasteiger partial charge on any atom is 0.263 e. The maximum absolute atomic E-state index is 12.6. The molecule has 0 spiro atoms. The van der Waals surface area contributed by atoms with Crippen molar-refractivity contribution in [3.63, 3.8) is 0 Å². The molecule has 0 aliphatic rings. The summed E-state index contributed by atoms with van der Waals surface area (Å²) in [5.41, 5.74) is 1.39. The monoisotopic (exact) mass is 405 g/mol. The van der Waals surface area contributed by atoms with Crippen molar-refractivity contribution >= 4 is 27.3 Å². The third kappa shape index (κ3) is 4.26. The van der Waals surface area contributed by atoms with Gasteiger partial charge >= 0.3 is 0 Å². The predicted octanol–water partition coefficient (Wildman–Crippen LogP) is 3.16. The van der Waals surface area contributed by atoms with Crippen LogP contribution in [0.2, 0.25) is 0 Å². The van der Waals surface area contributed by atoms with E-state index in [1.54, 1.807) is 19.1 Å². The number of hydrogen-bond acceptors (Lipinski definition) is 6. The fourth-order valence-electron chi connectivity index (χ4n) is 2.55. The smallest absolute Gasteiger partial charge is 0.263 e. The quantitative estimate of drug-likeness (QED) is 0.676. The Morgan fingerprint density at radius 2 is 1.85 bits per heavy atom. The number of sulfonamides is 1. The van der Waals surface area contributed by atoms with Gasteiger partial charge in [-0.2, -0.15) is 0 Å². The molecule has 2 aromatic heterocycles. The topological polar surface area (TPSA) is 115 Å². The highest BCUT2D eigenvalue weighted by Crippen LogP contribution is 2.29. The minimum atomic E-state index is -3.74. The number of benzene rings is 1. The molecule has 0 aliphatic carbocycles. The van der Waals surface area contributed by atoms with Crippen LogP contribution in [-0.4, -0.2) is 19.3 Å². The summed E-state index contributed by atoms with van der Waals surface area (Å²) in [5, 5.41) is 8.65. The Bertz CT molecular complexity index is 1080. The van der Waals surface area contributed by atoms with Gasteiger partial charge in [0.25, 0.3) is 5.91 Å². The first-order valence-electron chi connectivity index (χ1n) is 8.13. The molecule has 27 heavy (non-hydrogen) atoms.